The molecule has 1 aliphatic heterocycles. The summed E-state index contributed by atoms with van der Waals surface area (Å²) in [6.45, 7) is 1.15. The van der Waals surface area contributed by atoms with Gasteiger partial charge < -0.3 is 19.5 Å². The molecular formula is C25H26ClN3O3. The number of carbonyl (C=O) groups excluding carboxylic acids is 2. The molecule has 2 heterocycles. The number of halogens is 1. The number of hydrogen-bond donors (Lipinski definition) is 1. The number of aromatic nitrogens is 1. The van der Waals surface area contributed by atoms with Crippen LogP contribution in [0.1, 0.15) is 42.1 Å². The Hall–Kier alpha value is -2.83. The monoisotopic (exact) mass is 451 g/mol. The standard InChI is InChI=1S/C25H26ClN3O3/c26-20-15-29(22-7-3-1-5-19(20)22)23-8-4-2-6-21(23)27-25(31)17-9-11-18(12-10-17)28-13-14-32-16-24(28)30/h1,3,5,7,9-12,15,21,23H,2,4,6,8,13-14,16H2,(H,27,31). The molecule has 3 aromatic rings. The SMILES string of the molecule is O=C(NC1CCCCC1n1cc(Cl)c2ccccc21)c1ccc(N2CCOCC2=O)cc1. The minimum atomic E-state index is -0.0932. The first-order valence-corrected chi connectivity index (χ1v) is 11.5. The Morgan fingerprint density at radius 3 is 2.66 bits per heavy atom. The van der Waals surface area contributed by atoms with Crippen molar-refractivity contribution in [2.24, 2.45) is 0 Å². The first-order chi connectivity index (χ1) is 15.6. The summed E-state index contributed by atoms with van der Waals surface area (Å²) in [5.41, 5.74) is 2.48. The summed E-state index contributed by atoms with van der Waals surface area (Å²) >= 11 is 6.49. The number of anilines is 1. The van der Waals surface area contributed by atoms with Gasteiger partial charge in [0.1, 0.15) is 6.61 Å². The van der Waals surface area contributed by atoms with Gasteiger partial charge in [0.25, 0.3) is 11.8 Å². The average Bonchev–Trinajstić information content (AvgIpc) is 3.16. The van der Waals surface area contributed by atoms with Crippen molar-refractivity contribution in [3.05, 3.63) is 65.3 Å². The minimum absolute atomic E-state index is 0.0311. The van der Waals surface area contributed by atoms with Gasteiger partial charge in [-0.3, -0.25) is 9.59 Å². The van der Waals surface area contributed by atoms with Crippen LogP contribution in [0.2, 0.25) is 5.02 Å². The van der Waals surface area contributed by atoms with Gasteiger partial charge in [0, 0.05) is 40.9 Å². The van der Waals surface area contributed by atoms with Crippen molar-refractivity contribution in [1.82, 2.24) is 9.88 Å². The highest BCUT2D eigenvalue weighted by Gasteiger charge is 2.29. The number of carbonyl (C=O) groups is 2. The number of rotatable bonds is 4. The quantitative estimate of drug-likeness (QED) is 0.631. The number of hydrogen-bond acceptors (Lipinski definition) is 3. The lowest BCUT2D eigenvalue weighted by Crippen LogP contribution is -2.43. The van der Waals surface area contributed by atoms with Crippen molar-refractivity contribution in [3.63, 3.8) is 0 Å². The predicted molar refractivity (Wildman–Crippen MR) is 125 cm³/mol. The van der Waals surface area contributed by atoms with Crippen LogP contribution in [-0.4, -0.2) is 42.2 Å². The summed E-state index contributed by atoms with van der Waals surface area (Å²) in [5, 5.41) is 5.04. The van der Waals surface area contributed by atoms with E-state index in [1.54, 1.807) is 17.0 Å². The predicted octanol–water partition coefficient (Wildman–Crippen LogP) is 4.57. The molecule has 2 aliphatic rings. The van der Waals surface area contributed by atoms with Crippen molar-refractivity contribution in [3.8, 4) is 0 Å². The van der Waals surface area contributed by atoms with E-state index in [1.165, 1.54) is 0 Å². The number of nitrogens with zero attached hydrogens (tertiary/aromatic N) is 2. The zero-order valence-corrected chi connectivity index (χ0v) is 18.6. The molecule has 2 atom stereocenters. The highest BCUT2D eigenvalue weighted by Crippen LogP contribution is 2.35. The molecule has 1 aliphatic carbocycles. The van der Waals surface area contributed by atoms with Crippen LogP contribution < -0.4 is 10.2 Å². The van der Waals surface area contributed by atoms with Gasteiger partial charge in [-0.25, -0.2) is 0 Å². The molecule has 1 saturated carbocycles. The Balaban J connectivity index is 1.34. The normalized spacial score (nSPS) is 21.7. The fourth-order valence-corrected chi connectivity index (χ4v) is 5.15. The molecule has 1 N–H and O–H groups in total. The van der Waals surface area contributed by atoms with Gasteiger partial charge in [0.2, 0.25) is 0 Å². The molecule has 5 rings (SSSR count). The zero-order valence-electron chi connectivity index (χ0n) is 17.8. The molecule has 6 nitrogen and oxygen atoms in total. The van der Waals surface area contributed by atoms with Gasteiger partial charge in [-0.2, -0.15) is 0 Å². The van der Waals surface area contributed by atoms with Crippen molar-refractivity contribution in [2.45, 2.75) is 37.8 Å². The number of morpholine rings is 1. The maximum Gasteiger partial charge on any atom is 0.253 e. The summed E-state index contributed by atoms with van der Waals surface area (Å²) in [6, 6.07) is 15.6. The zero-order chi connectivity index (χ0) is 22.1. The van der Waals surface area contributed by atoms with Crippen molar-refractivity contribution < 1.29 is 14.3 Å². The molecule has 1 saturated heterocycles. The highest BCUT2D eigenvalue weighted by atomic mass is 35.5. The summed E-state index contributed by atoms with van der Waals surface area (Å²) < 4.78 is 7.42. The van der Waals surface area contributed by atoms with Crippen LogP contribution in [-0.2, 0) is 9.53 Å². The van der Waals surface area contributed by atoms with E-state index in [4.69, 9.17) is 16.3 Å². The van der Waals surface area contributed by atoms with E-state index in [1.807, 2.05) is 36.5 Å². The first kappa shape index (κ1) is 21.0. The van der Waals surface area contributed by atoms with Crippen LogP contribution in [0.5, 0.6) is 0 Å². The lowest BCUT2D eigenvalue weighted by atomic mass is 9.89. The molecular weight excluding hydrogens is 426 g/mol. The largest absolute Gasteiger partial charge is 0.370 e. The van der Waals surface area contributed by atoms with Gasteiger partial charge >= 0.3 is 0 Å². The van der Waals surface area contributed by atoms with Gasteiger partial charge in [0.05, 0.1) is 17.7 Å². The second-order valence-corrected chi connectivity index (χ2v) is 8.89. The van der Waals surface area contributed by atoms with Crippen LogP contribution in [0.25, 0.3) is 10.9 Å². The third kappa shape index (κ3) is 4.00. The smallest absolute Gasteiger partial charge is 0.253 e. The number of ether oxygens (including phenoxy) is 1. The lowest BCUT2D eigenvalue weighted by Gasteiger charge is -2.34. The highest BCUT2D eigenvalue weighted by molar-refractivity contribution is 6.35. The van der Waals surface area contributed by atoms with Crippen molar-refractivity contribution in [1.29, 1.82) is 0 Å². The molecule has 2 aromatic carbocycles. The molecule has 0 radical (unpaired) electrons. The number of para-hydroxylation sites is 1. The van der Waals surface area contributed by atoms with Crippen LogP contribution in [0.3, 0.4) is 0 Å². The van der Waals surface area contributed by atoms with Gasteiger partial charge in [-0.05, 0) is 43.2 Å². The van der Waals surface area contributed by atoms with E-state index in [9.17, 15) is 9.59 Å². The molecule has 0 bridgehead atoms. The third-order valence-corrected chi connectivity index (χ3v) is 6.82. The molecule has 32 heavy (non-hydrogen) atoms. The molecule has 7 heteroatoms. The van der Waals surface area contributed by atoms with Gasteiger partial charge in [0.15, 0.2) is 0 Å². The van der Waals surface area contributed by atoms with Crippen molar-refractivity contribution in [2.75, 3.05) is 24.7 Å². The molecule has 2 fully saturated rings. The summed E-state index contributed by atoms with van der Waals surface area (Å²) in [4.78, 5) is 26.8. The third-order valence-electron chi connectivity index (χ3n) is 6.52. The van der Waals surface area contributed by atoms with Gasteiger partial charge in [-0.15, -0.1) is 0 Å². The van der Waals surface area contributed by atoms with E-state index >= 15 is 0 Å². The van der Waals surface area contributed by atoms with E-state index < -0.39 is 0 Å². The summed E-state index contributed by atoms with van der Waals surface area (Å²) in [5.74, 6) is -0.152. The Morgan fingerprint density at radius 2 is 1.84 bits per heavy atom. The van der Waals surface area contributed by atoms with Crippen LogP contribution in [0.15, 0.2) is 54.7 Å². The van der Waals surface area contributed by atoms with Gasteiger partial charge in [-0.1, -0.05) is 42.6 Å². The molecule has 2 amide bonds. The maximum atomic E-state index is 13.1. The second kappa shape index (κ2) is 8.96. The fourth-order valence-electron chi connectivity index (χ4n) is 4.88. The number of fused-ring (bicyclic) bond motifs is 1. The second-order valence-electron chi connectivity index (χ2n) is 8.48. The minimum Gasteiger partial charge on any atom is -0.370 e. The Bertz CT molecular complexity index is 1140. The lowest BCUT2D eigenvalue weighted by molar-refractivity contribution is -0.125. The molecule has 0 spiro atoms. The average molecular weight is 452 g/mol. The van der Waals surface area contributed by atoms with E-state index in [0.29, 0.717) is 18.7 Å². The van der Waals surface area contributed by atoms with Crippen LogP contribution >= 0.6 is 11.6 Å². The number of amides is 2. The topological polar surface area (TPSA) is 63.6 Å². The van der Waals surface area contributed by atoms with Crippen LogP contribution in [0, 0.1) is 0 Å². The van der Waals surface area contributed by atoms with Crippen molar-refractivity contribution >= 4 is 40.0 Å². The Labute approximate surface area is 192 Å². The fraction of sp³-hybridized carbons (Fsp3) is 0.360. The summed E-state index contributed by atoms with van der Waals surface area (Å²) in [7, 11) is 0. The summed E-state index contributed by atoms with van der Waals surface area (Å²) in [6.07, 6.45) is 6.14. The van der Waals surface area contributed by atoms with E-state index in [-0.39, 0.29) is 30.5 Å². The Kier molecular flexibility index (Phi) is 5.89. The molecule has 1 aromatic heterocycles. The van der Waals surface area contributed by atoms with E-state index in [2.05, 4.69) is 16.0 Å². The number of benzene rings is 2. The maximum absolute atomic E-state index is 13.1. The molecule has 2 unspecified atom stereocenters. The Morgan fingerprint density at radius 1 is 1.06 bits per heavy atom. The molecule has 166 valence electrons. The van der Waals surface area contributed by atoms with E-state index in [0.717, 1.165) is 47.3 Å². The number of nitrogens with one attached hydrogen (secondary N) is 1. The van der Waals surface area contributed by atoms with Crippen LogP contribution in [0.4, 0.5) is 5.69 Å². The first-order valence-electron chi connectivity index (χ1n) is 11.2.